The molecule has 0 N–H and O–H groups in total. The van der Waals surface area contributed by atoms with Crippen LogP contribution in [0.4, 0.5) is 5.69 Å². The van der Waals surface area contributed by atoms with Gasteiger partial charge >= 0.3 is 5.97 Å². The van der Waals surface area contributed by atoms with Gasteiger partial charge in [0.15, 0.2) is 6.61 Å². The van der Waals surface area contributed by atoms with Crippen LogP contribution < -0.4 is 4.31 Å². The second-order valence-corrected chi connectivity index (χ2v) is 9.81. The fraction of sp³-hybridized carbons (Fsp3) is 0.391. The van der Waals surface area contributed by atoms with Crippen molar-refractivity contribution in [1.29, 1.82) is 0 Å². The summed E-state index contributed by atoms with van der Waals surface area (Å²) in [5.41, 5.74) is 0.722. The third kappa shape index (κ3) is 5.07. The molecule has 2 atom stereocenters. The highest BCUT2D eigenvalue weighted by Crippen LogP contribution is 2.23. The highest BCUT2D eigenvalue weighted by atomic mass is 32.2. The molecule has 2 aromatic carbocycles. The number of esters is 1. The maximum Gasteiger partial charge on any atom is 0.338 e. The molecule has 0 bridgehead atoms. The number of carbonyl (C=O) groups is 2. The van der Waals surface area contributed by atoms with Crippen LogP contribution in [0.3, 0.4) is 0 Å². The number of hydrogen-bond acceptors (Lipinski definition) is 5. The molecule has 0 radical (unpaired) electrons. The molecule has 0 aliphatic carbocycles. The summed E-state index contributed by atoms with van der Waals surface area (Å²) in [4.78, 5) is 26.7. The number of piperidine rings is 1. The van der Waals surface area contributed by atoms with Crippen molar-refractivity contribution in [2.45, 2.75) is 50.1 Å². The first kappa shape index (κ1) is 22.8. The SMILES string of the molecule is C[C@H]1CCC[C@H](C)N1C(=O)COC(=O)c1ccc(S(=O)(=O)N(C)c2ccccc2)cc1. The second-order valence-electron chi connectivity index (χ2n) is 7.84. The fourth-order valence-electron chi connectivity index (χ4n) is 3.90. The van der Waals surface area contributed by atoms with Crippen molar-refractivity contribution >= 4 is 27.6 Å². The Labute approximate surface area is 183 Å². The summed E-state index contributed by atoms with van der Waals surface area (Å²) in [5.74, 6) is -0.872. The molecule has 0 saturated carbocycles. The second kappa shape index (κ2) is 9.51. The van der Waals surface area contributed by atoms with Gasteiger partial charge in [-0.25, -0.2) is 13.2 Å². The van der Waals surface area contributed by atoms with Gasteiger partial charge in [0.25, 0.3) is 15.9 Å². The lowest BCUT2D eigenvalue weighted by atomic mass is 9.97. The van der Waals surface area contributed by atoms with E-state index in [1.807, 2.05) is 19.9 Å². The van der Waals surface area contributed by atoms with E-state index in [1.165, 1.54) is 35.6 Å². The molecular weight excluding hydrogens is 416 g/mol. The lowest BCUT2D eigenvalue weighted by molar-refractivity contribution is -0.140. The molecule has 0 spiro atoms. The van der Waals surface area contributed by atoms with Gasteiger partial charge in [-0.1, -0.05) is 18.2 Å². The van der Waals surface area contributed by atoms with Crippen molar-refractivity contribution in [1.82, 2.24) is 4.90 Å². The Hall–Kier alpha value is -2.87. The van der Waals surface area contributed by atoms with Crippen molar-refractivity contribution in [3.05, 3.63) is 60.2 Å². The smallest absolute Gasteiger partial charge is 0.338 e. The molecule has 31 heavy (non-hydrogen) atoms. The molecule has 3 rings (SSSR count). The van der Waals surface area contributed by atoms with Gasteiger partial charge in [0.2, 0.25) is 0 Å². The lowest BCUT2D eigenvalue weighted by Gasteiger charge is -2.38. The Morgan fingerprint density at radius 1 is 1.00 bits per heavy atom. The third-order valence-corrected chi connectivity index (χ3v) is 7.48. The van der Waals surface area contributed by atoms with E-state index in [4.69, 9.17) is 4.74 Å². The fourth-order valence-corrected chi connectivity index (χ4v) is 5.09. The minimum absolute atomic E-state index is 0.0578. The van der Waals surface area contributed by atoms with Crippen LogP contribution in [-0.4, -0.2) is 50.9 Å². The van der Waals surface area contributed by atoms with Crippen molar-refractivity contribution in [2.24, 2.45) is 0 Å². The standard InChI is InChI=1S/C23H28N2O5S/c1-17-8-7-9-18(2)25(17)22(26)16-30-23(27)19-12-14-21(15-13-19)31(28,29)24(3)20-10-5-4-6-11-20/h4-6,10-15,17-18H,7-9,16H2,1-3H3/t17-,18-/m0/s1. The van der Waals surface area contributed by atoms with Crippen LogP contribution in [0.15, 0.2) is 59.5 Å². The van der Waals surface area contributed by atoms with Gasteiger partial charge < -0.3 is 9.64 Å². The van der Waals surface area contributed by atoms with E-state index in [2.05, 4.69) is 0 Å². The summed E-state index contributed by atoms with van der Waals surface area (Å²) in [6.07, 6.45) is 2.97. The molecule has 7 nitrogen and oxygen atoms in total. The molecule has 1 fully saturated rings. The molecule has 0 unspecified atom stereocenters. The Bertz CT molecular complexity index is 1010. The van der Waals surface area contributed by atoms with Gasteiger partial charge in [0.05, 0.1) is 16.1 Å². The summed E-state index contributed by atoms with van der Waals surface area (Å²) < 4.78 is 32.0. The van der Waals surface area contributed by atoms with E-state index in [0.29, 0.717) is 5.69 Å². The van der Waals surface area contributed by atoms with Gasteiger partial charge in [-0.15, -0.1) is 0 Å². The van der Waals surface area contributed by atoms with Crippen LogP contribution in [0.1, 0.15) is 43.5 Å². The van der Waals surface area contributed by atoms with Crippen LogP contribution in [-0.2, 0) is 19.6 Å². The molecule has 166 valence electrons. The summed E-state index contributed by atoms with van der Waals surface area (Å²) in [6.45, 7) is 3.67. The number of anilines is 1. The van der Waals surface area contributed by atoms with E-state index in [0.717, 1.165) is 19.3 Å². The minimum atomic E-state index is -3.77. The number of benzene rings is 2. The number of hydrogen-bond donors (Lipinski definition) is 0. The Kier molecular flexibility index (Phi) is 7.00. The zero-order valence-corrected chi connectivity index (χ0v) is 18.8. The summed E-state index contributed by atoms with van der Waals surface area (Å²) in [5, 5.41) is 0. The largest absolute Gasteiger partial charge is 0.452 e. The predicted molar refractivity (Wildman–Crippen MR) is 118 cm³/mol. The van der Waals surface area contributed by atoms with Crippen LogP contribution in [0.25, 0.3) is 0 Å². The number of para-hydroxylation sites is 1. The molecule has 1 amide bonds. The molecule has 1 saturated heterocycles. The van der Waals surface area contributed by atoms with E-state index in [-0.39, 0.29) is 35.1 Å². The molecule has 0 aromatic heterocycles. The molecular formula is C23H28N2O5S. The van der Waals surface area contributed by atoms with Crippen molar-refractivity contribution in [3.63, 3.8) is 0 Å². The Morgan fingerprint density at radius 2 is 1.58 bits per heavy atom. The average Bonchev–Trinajstić information content (AvgIpc) is 2.77. The number of amides is 1. The van der Waals surface area contributed by atoms with Crippen LogP contribution in [0.5, 0.6) is 0 Å². The maximum atomic E-state index is 12.8. The van der Waals surface area contributed by atoms with Crippen LogP contribution in [0, 0.1) is 0 Å². The molecule has 1 heterocycles. The highest BCUT2D eigenvalue weighted by molar-refractivity contribution is 7.92. The normalized spacial score (nSPS) is 19.0. The monoisotopic (exact) mass is 444 g/mol. The average molecular weight is 445 g/mol. The first-order valence-electron chi connectivity index (χ1n) is 10.3. The van der Waals surface area contributed by atoms with Gasteiger partial charge in [-0.2, -0.15) is 0 Å². The number of nitrogens with zero attached hydrogens (tertiary/aromatic N) is 2. The Balaban J connectivity index is 1.64. The van der Waals surface area contributed by atoms with Gasteiger partial charge in [0.1, 0.15) is 0 Å². The molecule has 8 heteroatoms. The Morgan fingerprint density at radius 3 is 2.16 bits per heavy atom. The van der Waals surface area contributed by atoms with Crippen molar-refractivity contribution < 1.29 is 22.7 Å². The third-order valence-electron chi connectivity index (χ3n) is 5.68. The number of likely N-dealkylation sites (tertiary alicyclic amines) is 1. The topological polar surface area (TPSA) is 84.0 Å². The molecule has 2 aromatic rings. The van der Waals surface area contributed by atoms with Crippen molar-refractivity contribution in [3.8, 4) is 0 Å². The minimum Gasteiger partial charge on any atom is -0.452 e. The lowest BCUT2D eigenvalue weighted by Crippen LogP contribution is -2.49. The zero-order chi connectivity index (χ0) is 22.6. The number of sulfonamides is 1. The first-order chi connectivity index (χ1) is 14.7. The summed E-state index contributed by atoms with van der Waals surface area (Å²) in [6, 6.07) is 14.5. The van der Waals surface area contributed by atoms with Gasteiger partial charge in [0, 0.05) is 19.1 Å². The van der Waals surface area contributed by atoms with E-state index >= 15 is 0 Å². The maximum absolute atomic E-state index is 12.8. The van der Waals surface area contributed by atoms with Crippen molar-refractivity contribution in [2.75, 3.05) is 18.0 Å². The quantitative estimate of drug-likeness (QED) is 0.637. The summed E-state index contributed by atoms with van der Waals surface area (Å²) >= 11 is 0. The highest BCUT2D eigenvalue weighted by Gasteiger charge is 2.29. The number of rotatable bonds is 6. The molecule has 1 aliphatic rings. The number of carbonyl (C=O) groups excluding carboxylic acids is 2. The predicted octanol–water partition coefficient (Wildman–Crippen LogP) is 3.46. The first-order valence-corrected chi connectivity index (χ1v) is 11.8. The van der Waals surface area contributed by atoms with E-state index < -0.39 is 16.0 Å². The summed E-state index contributed by atoms with van der Waals surface area (Å²) in [7, 11) is -2.29. The molecule has 1 aliphatic heterocycles. The zero-order valence-electron chi connectivity index (χ0n) is 18.0. The van der Waals surface area contributed by atoms with E-state index in [9.17, 15) is 18.0 Å². The van der Waals surface area contributed by atoms with Gasteiger partial charge in [-0.3, -0.25) is 9.10 Å². The van der Waals surface area contributed by atoms with Crippen LogP contribution >= 0.6 is 0 Å². The van der Waals surface area contributed by atoms with E-state index in [1.54, 1.807) is 29.2 Å². The number of ether oxygens (including phenoxy) is 1. The van der Waals surface area contributed by atoms with Gasteiger partial charge in [-0.05, 0) is 69.5 Å². The van der Waals surface area contributed by atoms with Crippen LogP contribution in [0.2, 0.25) is 0 Å².